The van der Waals surface area contributed by atoms with E-state index in [0.717, 1.165) is 11.1 Å². The molecule has 0 heterocycles. The Morgan fingerprint density at radius 3 is 2.15 bits per heavy atom. The molecule has 0 amide bonds. The number of phenolic OH excluding ortho intramolecular Hbond substituents is 1. The maximum absolute atomic E-state index is 12.8. The Morgan fingerprint density at radius 2 is 1.54 bits per heavy atom. The lowest BCUT2D eigenvalue weighted by atomic mass is 9.67. The van der Waals surface area contributed by atoms with Crippen molar-refractivity contribution in [3.8, 4) is 23.0 Å². The first kappa shape index (κ1) is 18.1. The van der Waals surface area contributed by atoms with E-state index in [0.29, 0.717) is 22.8 Å². The summed E-state index contributed by atoms with van der Waals surface area (Å²) >= 11 is 0. The molecule has 5 heteroatoms. The molecule has 5 nitrogen and oxygen atoms in total. The summed E-state index contributed by atoms with van der Waals surface area (Å²) in [5.41, 5.74) is 2.44. The number of Topliss-reactive ketones (excluding diaryl/α,β-unsaturated/α-hetero) is 1. The molecule has 0 aliphatic heterocycles. The number of phenols is 1. The van der Waals surface area contributed by atoms with E-state index in [9.17, 15) is 9.90 Å². The number of ketones is 1. The Kier molecular flexibility index (Phi) is 4.81. The first-order valence-corrected chi connectivity index (χ1v) is 8.59. The Morgan fingerprint density at radius 1 is 0.885 bits per heavy atom. The van der Waals surface area contributed by atoms with Gasteiger partial charge in [-0.05, 0) is 41.3 Å². The fourth-order valence-corrected chi connectivity index (χ4v) is 3.80. The molecule has 138 valence electrons. The SMILES string of the molecule is COc1cc2c(cc1O)C(=O)[C@@H](C)[C@@H](C)C2c1ccc(OC)c(OC)c1. The van der Waals surface area contributed by atoms with Crippen molar-refractivity contribution in [1.29, 1.82) is 0 Å². The van der Waals surface area contributed by atoms with Crippen LogP contribution in [-0.4, -0.2) is 32.2 Å². The van der Waals surface area contributed by atoms with Crippen molar-refractivity contribution >= 4 is 5.78 Å². The largest absolute Gasteiger partial charge is 0.504 e. The minimum Gasteiger partial charge on any atom is -0.504 e. The molecule has 0 bridgehead atoms. The predicted octanol–water partition coefficient (Wildman–Crippen LogP) is 4.02. The van der Waals surface area contributed by atoms with Crippen LogP contribution in [0.15, 0.2) is 30.3 Å². The summed E-state index contributed by atoms with van der Waals surface area (Å²) < 4.78 is 16.0. The summed E-state index contributed by atoms with van der Waals surface area (Å²) in [5.74, 6) is 1.60. The molecule has 1 unspecified atom stereocenters. The zero-order valence-electron chi connectivity index (χ0n) is 15.7. The summed E-state index contributed by atoms with van der Waals surface area (Å²) in [7, 11) is 4.71. The van der Waals surface area contributed by atoms with Crippen LogP contribution in [-0.2, 0) is 0 Å². The summed E-state index contributed by atoms with van der Waals surface area (Å²) in [6.07, 6.45) is 0. The number of rotatable bonds is 4. The second kappa shape index (κ2) is 6.90. The highest BCUT2D eigenvalue weighted by Gasteiger charge is 2.39. The predicted molar refractivity (Wildman–Crippen MR) is 98.7 cm³/mol. The van der Waals surface area contributed by atoms with Crippen molar-refractivity contribution in [3.63, 3.8) is 0 Å². The third-order valence-electron chi connectivity index (χ3n) is 5.45. The van der Waals surface area contributed by atoms with Gasteiger partial charge >= 0.3 is 0 Å². The van der Waals surface area contributed by atoms with Crippen molar-refractivity contribution in [2.75, 3.05) is 21.3 Å². The standard InChI is InChI=1S/C21H24O5/c1-11-12(2)21(23)15-9-16(22)18(25-4)10-14(15)20(11)13-6-7-17(24-3)19(8-13)26-5/h6-12,20,22H,1-5H3/t11-,12+,20?/m1/s1. The highest BCUT2D eigenvalue weighted by molar-refractivity contribution is 6.01. The fourth-order valence-electron chi connectivity index (χ4n) is 3.80. The van der Waals surface area contributed by atoms with Gasteiger partial charge in [0.25, 0.3) is 0 Å². The molecule has 0 radical (unpaired) electrons. The molecule has 0 spiro atoms. The molecule has 3 rings (SSSR count). The molecule has 0 fully saturated rings. The van der Waals surface area contributed by atoms with Crippen LogP contribution in [0.25, 0.3) is 0 Å². The van der Waals surface area contributed by atoms with Crippen molar-refractivity contribution in [3.05, 3.63) is 47.0 Å². The molecule has 3 atom stereocenters. The monoisotopic (exact) mass is 356 g/mol. The minimum atomic E-state index is -0.159. The second-order valence-electron chi connectivity index (χ2n) is 6.72. The van der Waals surface area contributed by atoms with Gasteiger partial charge in [0.15, 0.2) is 28.8 Å². The van der Waals surface area contributed by atoms with Crippen LogP contribution < -0.4 is 14.2 Å². The number of ether oxygens (including phenoxy) is 3. The van der Waals surface area contributed by atoms with Crippen LogP contribution >= 0.6 is 0 Å². The highest BCUT2D eigenvalue weighted by atomic mass is 16.5. The van der Waals surface area contributed by atoms with Crippen molar-refractivity contribution in [1.82, 2.24) is 0 Å². The molecular weight excluding hydrogens is 332 g/mol. The van der Waals surface area contributed by atoms with Gasteiger partial charge in [-0.25, -0.2) is 0 Å². The van der Waals surface area contributed by atoms with Gasteiger partial charge in [-0.2, -0.15) is 0 Å². The molecule has 0 saturated heterocycles. The van der Waals surface area contributed by atoms with Crippen LogP contribution in [0.2, 0.25) is 0 Å². The average Bonchev–Trinajstić information content (AvgIpc) is 2.66. The van der Waals surface area contributed by atoms with Gasteiger partial charge in [-0.3, -0.25) is 4.79 Å². The molecule has 0 aromatic heterocycles. The van der Waals surface area contributed by atoms with Gasteiger partial charge in [0.05, 0.1) is 21.3 Å². The van der Waals surface area contributed by atoms with E-state index < -0.39 is 0 Å². The minimum absolute atomic E-state index is 0.0209. The quantitative estimate of drug-likeness (QED) is 0.896. The van der Waals surface area contributed by atoms with Crippen LogP contribution in [0.5, 0.6) is 23.0 Å². The van der Waals surface area contributed by atoms with Gasteiger partial charge in [0.2, 0.25) is 0 Å². The first-order valence-electron chi connectivity index (χ1n) is 8.59. The van der Waals surface area contributed by atoms with E-state index in [1.165, 1.54) is 13.2 Å². The number of methoxy groups -OCH3 is 3. The van der Waals surface area contributed by atoms with E-state index in [-0.39, 0.29) is 29.3 Å². The van der Waals surface area contributed by atoms with Crippen molar-refractivity contribution in [2.24, 2.45) is 11.8 Å². The Bertz CT molecular complexity index is 843. The van der Waals surface area contributed by atoms with Gasteiger partial charge in [0, 0.05) is 17.4 Å². The lowest BCUT2D eigenvalue weighted by Gasteiger charge is -2.36. The zero-order valence-corrected chi connectivity index (χ0v) is 15.7. The molecular formula is C21H24O5. The number of hydrogen-bond acceptors (Lipinski definition) is 5. The van der Waals surface area contributed by atoms with Crippen LogP contribution in [0.3, 0.4) is 0 Å². The smallest absolute Gasteiger partial charge is 0.166 e. The number of carbonyl (C=O) groups excluding carboxylic acids is 1. The zero-order chi connectivity index (χ0) is 19.0. The molecule has 2 aromatic carbocycles. The van der Waals surface area contributed by atoms with Crippen LogP contribution in [0.4, 0.5) is 0 Å². The second-order valence-corrected chi connectivity index (χ2v) is 6.72. The summed E-state index contributed by atoms with van der Waals surface area (Å²) in [4.78, 5) is 12.8. The van der Waals surface area contributed by atoms with Crippen LogP contribution in [0, 0.1) is 11.8 Å². The third-order valence-corrected chi connectivity index (χ3v) is 5.45. The topological polar surface area (TPSA) is 65.0 Å². The number of carbonyl (C=O) groups is 1. The lowest BCUT2D eigenvalue weighted by molar-refractivity contribution is 0.0865. The molecule has 2 aromatic rings. The summed E-state index contributed by atoms with van der Waals surface area (Å²) in [5, 5.41) is 10.1. The molecule has 0 saturated carbocycles. The molecule has 26 heavy (non-hydrogen) atoms. The van der Waals surface area contributed by atoms with E-state index in [2.05, 4.69) is 6.92 Å². The van der Waals surface area contributed by atoms with Gasteiger partial charge in [0.1, 0.15) is 0 Å². The Balaban J connectivity index is 2.21. The number of benzene rings is 2. The summed E-state index contributed by atoms with van der Waals surface area (Å²) in [6.45, 7) is 4.01. The molecule has 1 aliphatic carbocycles. The van der Waals surface area contributed by atoms with Crippen molar-refractivity contribution < 1.29 is 24.1 Å². The Hall–Kier alpha value is -2.69. The van der Waals surface area contributed by atoms with E-state index in [1.807, 2.05) is 25.1 Å². The average molecular weight is 356 g/mol. The van der Waals surface area contributed by atoms with Crippen LogP contribution in [0.1, 0.15) is 41.3 Å². The van der Waals surface area contributed by atoms with E-state index in [4.69, 9.17) is 14.2 Å². The van der Waals surface area contributed by atoms with E-state index >= 15 is 0 Å². The number of aromatic hydroxyl groups is 1. The lowest BCUT2D eigenvalue weighted by Crippen LogP contribution is -2.32. The van der Waals surface area contributed by atoms with Gasteiger partial charge in [-0.15, -0.1) is 0 Å². The van der Waals surface area contributed by atoms with Crippen molar-refractivity contribution in [2.45, 2.75) is 19.8 Å². The van der Waals surface area contributed by atoms with Gasteiger partial charge in [-0.1, -0.05) is 19.9 Å². The molecule has 1 N–H and O–H groups in total. The fraction of sp³-hybridized carbons (Fsp3) is 0.381. The maximum Gasteiger partial charge on any atom is 0.166 e. The normalized spacial score (nSPS) is 21.9. The molecule has 1 aliphatic rings. The summed E-state index contributed by atoms with van der Waals surface area (Å²) in [6, 6.07) is 9.11. The third kappa shape index (κ3) is 2.77. The number of fused-ring (bicyclic) bond motifs is 1. The number of hydrogen-bond donors (Lipinski definition) is 1. The van der Waals surface area contributed by atoms with Gasteiger partial charge < -0.3 is 19.3 Å². The first-order chi connectivity index (χ1) is 12.4. The highest BCUT2D eigenvalue weighted by Crippen LogP contribution is 2.47. The van der Waals surface area contributed by atoms with E-state index in [1.54, 1.807) is 20.3 Å². The Labute approximate surface area is 153 Å². The maximum atomic E-state index is 12.8.